The van der Waals surface area contributed by atoms with E-state index in [4.69, 9.17) is 0 Å². The summed E-state index contributed by atoms with van der Waals surface area (Å²) in [5.41, 5.74) is 3.57. The van der Waals surface area contributed by atoms with E-state index in [1.165, 1.54) is 11.1 Å². The van der Waals surface area contributed by atoms with E-state index in [1.54, 1.807) is 6.20 Å². The van der Waals surface area contributed by atoms with Crippen LogP contribution in [0.3, 0.4) is 0 Å². The first-order chi connectivity index (χ1) is 10.2. The van der Waals surface area contributed by atoms with Crippen molar-refractivity contribution in [2.75, 3.05) is 0 Å². The van der Waals surface area contributed by atoms with Crippen LogP contribution in [-0.4, -0.2) is 10.1 Å². The van der Waals surface area contributed by atoms with Gasteiger partial charge in [0.05, 0.1) is 0 Å². The highest BCUT2D eigenvalue weighted by Crippen LogP contribution is 2.44. The molecule has 0 aliphatic heterocycles. The second-order valence-corrected chi connectivity index (χ2v) is 5.92. The first-order valence-electron chi connectivity index (χ1n) is 7.34. The molecule has 0 bridgehead atoms. The van der Waals surface area contributed by atoms with Crippen LogP contribution in [0, 0.1) is 6.92 Å². The van der Waals surface area contributed by atoms with Crippen LogP contribution in [-0.2, 0) is 12.0 Å². The highest BCUT2D eigenvalue weighted by Gasteiger charge is 2.39. The van der Waals surface area contributed by atoms with Gasteiger partial charge in [0.1, 0.15) is 5.60 Å². The van der Waals surface area contributed by atoms with Crippen molar-refractivity contribution in [2.45, 2.75) is 25.4 Å². The SMILES string of the molecule is Cc1ccc2c(c1)C(O)(c1cccc3ccncc13)CC2. The normalized spacial score (nSPS) is 20.7. The lowest BCUT2D eigenvalue weighted by molar-refractivity contribution is 0.0844. The van der Waals surface area contributed by atoms with Gasteiger partial charge in [0.25, 0.3) is 0 Å². The molecule has 1 N–H and O–H groups in total. The molecule has 0 fully saturated rings. The molecule has 1 atom stereocenters. The fourth-order valence-electron chi connectivity index (χ4n) is 3.50. The second kappa shape index (κ2) is 4.40. The Morgan fingerprint density at radius 1 is 1.10 bits per heavy atom. The van der Waals surface area contributed by atoms with Crippen LogP contribution in [0.2, 0.25) is 0 Å². The third kappa shape index (κ3) is 1.79. The van der Waals surface area contributed by atoms with E-state index < -0.39 is 5.60 Å². The number of nitrogens with zero attached hydrogens (tertiary/aromatic N) is 1. The largest absolute Gasteiger partial charge is 0.380 e. The number of hydrogen-bond donors (Lipinski definition) is 1. The van der Waals surface area contributed by atoms with Crippen molar-refractivity contribution in [3.05, 3.63) is 77.1 Å². The number of aliphatic hydroxyl groups is 1. The Kier molecular flexibility index (Phi) is 2.63. The van der Waals surface area contributed by atoms with E-state index in [2.05, 4.69) is 36.2 Å². The maximum Gasteiger partial charge on any atom is 0.116 e. The van der Waals surface area contributed by atoms with Crippen molar-refractivity contribution in [1.82, 2.24) is 4.98 Å². The minimum Gasteiger partial charge on any atom is -0.380 e. The van der Waals surface area contributed by atoms with Gasteiger partial charge in [-0.1, -0.05) is 42.0 Å². The molecule has 3 aromatic rings. The van der Waals surface area contributed by atoms with E-state index in [-0.39, 0.29) is 0 Å². The monoisotopic (exact) mass is 275 g/mol. The number of pyridine rings is 1. The molecule has 1 aliphatic rings. The molecule has 104 valence electrons. The smallest absolute Gasteiger partial charge is 0.116 e. The highest BCUT2D eigenvalue weighted by molar-refractivity contribution is 5.86. The predicted octanol–water partition coefficient (Wildman–Crippen LogP) is 3.73. The molecular weight excluding hydrogens is 258 g/mol. The Hall–Kier alpha value is -2.19. The van der Waals surface area contributed by atoms with Crippen molar-refractivity contribution in [3.8, 4) is 0 Å². The highest BCUT2D eigenvalue weighted by atomic mass is 16.3. The van der Waals surface area contributed by atoms with Crippen LogP contribution in [0.25, 0.3) is 10.8 Å². The Bertz CT molecular complexity index is 835. The van der Waals surface area contributed by atoms with Gasteiger partial charge in [-0.3, -0.25) is 4.98 Å². The minimum absolute atomic E-state index is 0.736. The molecular formula is C19H17NO. The van der Waals surface area contributed by atoms with Gasteiger partial charge in [-0.25, -0.2) is 0 Å². The number of fused-ring (bicyclic) bond motifs is 2. The van der Waals surface area contributed by atoms with Gasteiger partial charge in [-0.05, 0) is 47.9 Å². The van der Waals surface area contributed by atoms with Crippen LogP contribution in [0.4, 0.5) is 0 Å². The summed E-state index contributed by atoms with van der Waals surface area (Å²) in [6.07, 6.45) is 5.31. The molecule has 1 aliphatic carbocycles. The Morgan fingerprint density at radius 3 is 2.90 bits per heavy atom. The van der Waals surface area contributed by atoms with E-state index in [9.17, 15) is 5.11 Å². The molecule has 0 spiro atoms. The van der Waals surface area contributed by atoms with Crippen LogP contribution in [0.5, 0.6) is 0 Å². The van der Waals surface area contributed by atoms with Gasteiger partial charge in [-0.2, -0.15) is 0 Å². The van der Waals surface area contributed by atoms with Crippen molar-refractivity contribution in [1.29, 1.82) is 0 Å². The minimum atomic E-state index is -0.899. The molecule has 1 unspecified atom stereocenters. The summed E-state index contributed by atoms with van der Waals surface area (Å²) in [6, 6.07) is 14.5. The maximum absolute atomic E-state index is 11.4. The van der Waals surface area contributed by atoms with E-state index in [0.29, 0.717) is 0 Å². The topological polar surface area (TPSA) is 33.1 Å². The lowest BCUT2D eigenvalue weighted by Crippen LogP contribution is -2.24. The number of hydrogen-bond acceptors (Lipinski definition) is 2. The van der Waals surface area contributed by atoms with Gasteiger partial charge >= 0.3 is 0 Å². The molecule has 2 nitrogen and oxygen atoms in total. The Morgan fingerprint density at radius 2 is 2.00 bits per heavy atom. The number of aryl methyl sites for hydroxylation is 2. The Balaban J connectivity index is 2.00. The number of aromatic nitrogens is 1. The Labute approximate surface area is 124 Å². The zero-order chi connectivity index (χ0) is 14.4. The van der Waals surface area contributed by atoms with E-state index in [0.717, 1.165) is 34.7 Å². The fourth-order valence-corrected chi connectivity index (χ4v) is 3.50. The van der Waals surface area contributed by atoms with Crippen molar-refractivity contribution >= 4 is 10.8 Å². The third-order valence-electron chi connectivity index (χ3n) is 4.60. The summed E-state index contributed by atoms with van der Waals surface area (Å²) in [6.45, 7) is 2.07. The first kappa shape index (κ1) is 12.5. The summed E-state index contributed by atoms with van der Waals surface area (Å²) in [5.74, 6) is 0. The second-order valence-electron chi connectivity index (χ2n) is 5.92. The van der Waals surface area contributed by atoms with Crippen LogP contribution < -0.4 is 0 Å². The van der Waals surface area contributed by atoms with Gasteiger partial charge in [0.15, 0.2) is 0 Å². The van der Waals surface area contributed by atoms with Gasteiger partial charge < -0.3 is 5.11 Å². The van der Waals surface area contributed by atoms with Crippen molar-refractivity contribution in [2.24, 2.45) is 0 Å². The maximum atomic E-state index is 11.4. The molecule has 0 radical (unpaired) electrons. The molecule has 0 amide bonds. The molecule has 21 heavy (non-hydrogen) atoms. The number of rotatable bonds is 1. The molecule has 0 saturated carbocycles. The lowest BCUT2D eigenvalue weighted by Gasteiger charge is -2.26. The molecule has 1 aromatic heterocycles. The summed E-state index contributed by atoms with van der Waals surface area (Å²) in [7, 11) is 0. The van der Waals surface area contributed by atoms with Crippen molar-refractivity contribution in [3.63, 3.8) is 0 Å². The molecule has 1 heterocycles. The summed E-state index contributed by atoms with van der Waals surface area (Å²) < 4.78 is 0. The predicted molar refractivity (Wildman–Crippen MR) is 84.2 cm³/mol. The average Bonchev–Trinajstić information content (AvgIpc) is 2.85. The molecule has 2 aromatic carbocycles. The van der Waals surface area contributed by atoms with Crippen LogP contribution >= 0.6 is 0 Å². The van der Waals surface area contributed by atoms with Crippen molar-refractivity contribution < 1.29 is 5.11 Å². The van der Waals surface area contributed by atoms with Gasteiger partial charge in [0, 0.05) is 17.8 Å². The molecule has 2 heteroatoms. The van der Waals surface area contributed by atoms with Gasteiger partial charge in [-0.15, -0.1) is 0 Å². The summed E-state index contributed by atoms with van der Waals surface area (Å²) in [4.78, 5) is 4.24. The zero-order valence-corrected chi connectivity index (χ0v) is 12.0. The molecule has 0 saturated heterocycles. The zero-order valence-electron chi connectivity index (χ0n) is 12.0. The van der Waals surface area contributed by atoms with Crippen LogP contribution in [0.1, 0.15) is 28.7 Å². The van der Waals surface area contributed by atoms with E-state index in [1.807, 2.05) is 24.4 Å². The number of benzene rings is 2. The third-order valence-corrected chi connectivity index (χ3v) is 4.60. The average molecular weight is 275 g/mol. The summed E-state index contributed by atoms with van der Waals surface area (Å²) >= 11 is 0. The van der Waals surface area contributed by atoms with Crippen LogP contribution in [0.15, 0.2) is 54.9 Å². The summed E-state index contributed by atoms with van der Waals surface area (Å²) in [5, 5.41) is 13.6. The van der Waals surface area contributed by atoms with E-state index >= 15 is 0 Å². The lowest BCUT2D eigenvalue weighted by atomic mass is 9.85. The quantitative estimate of drug-likeness (QED) is 0.734. The van der Waals surface area contributed by atoms with Gasteiger partial charge in [0.2, 0.25) is 0 Å². The molecule has 4 rings (SSSR count). The fraction of sp³-hybridized carbons (Fsp3) is 0.211. The first-order valence-corrected chi connectivity index (χ1v) is 7.34. The standard InChI is InChI=1S/C19H17NO/c1-13-5-6-15-7-9-19(21,18(15)11-13)17-4-2-3-14-8-10-20-12-16(14)17/h2-6,8,10-12,21H,7,9H2,1H3.